The molecule has 0 N–H and O–H groups in total. The van der Waals surface area contributed by atoms with Gasteiger partial charge in [-0.3, -0.25) is 0 Å². The summed E-state index contributed by atoms with van der Waals surface area (Å²) in [5, 5.41) is 0. The first-order valence-electron chi connectivity index (χ1n) is 6.28. The lowest BCUT2D eigenvalue weighted by Gasteiger charge is -2.11. The third-order valence-electron chi connectivity index (χ3n) is 2.94. The predicted molar refractivity (Wildman–Crippen MR) is 75.1 cm³/mol. The van der Waals surface area contributed by atoms with Crippen molar-refractivity contribution in [1.29, 1.82) is 0 Å². The number of esters is 1. The molecule has 0 aliphatic carbocycles. The predicted octanol–water partition coefficient (Wildman–Crippen LogP) is 3.20. The van der Waals surface area contributed by atoms with Crippen molar-refractivity contribution in [3.8, 4) is 11.5 Å². The van der Waals surface area contributed by atoms with Crippen LogP contribution in [0.4, 0.5) is 4.39 Å². The second-order valence-electron chi connectivity index (χ2n) is 4.23. The van der Waals surface area contributed by atoms with Gasteiger partial charge in [0.15, 0.2) is 0 Å². The molecule has 0 saturated carbocycles. The Morgan fingerprint density at radius 2 is 1.86 bits per heavy atom. The van der Waals surface area contributed by atoms with Crippen LogP contribution in [0.5, 0.6) is 11.5 Å². The van der Waals surface area contributed by atoms with Gasteiger partial charge in [-0.2, -0.15) is 0 Å². The number of carbonyl (C=O) groups excluding carboxylic acids is 1. The van der Waals surface area contributed by atoms with Crippen molar-refractivity contribution in [3.63, 3.8) is 0 Å². The Morgan fingerprint density at radius 1 is 1.10 bits per heavy atom. The number of benzene rings is 2. The molecule has 0 aliphatic rings. The number of carbonyl (C=O) groups is 1. The van der Waals surface area contributed by atoms with Gasteiger partial charge in [-0.1, -0.05) is 12.1 Å². The normalized spacial score (nSPS) is 10.0. The summed E-state index contributed by atoms with van der Waals surface area (Å²) < 4.78 is 28.9. The van der Waals surface area contributed by atoms with E-state index in [1.165, 1.54) is 32.4 Å². The molecule has 5 heteroatoms. The van der Waals surface area contributed by atoms with Crippen LogP contribution >= 0.6 is 0 Å². The van der Waals surface area contributed by atoms with E-state index in [1.807, 2.05) is 0 Å². The van der Waals surface area contributed by atoms with Crippen molar-refractivity contribution >= 4 is 5.97 Å². The van der Waals surface area contributed by atoms with E-state index in [-0.39, 0.29) is 12.2 Å². The number of ether oxygens (including phenoxy) is 3. The Kier molecular flexibility index (Phi) is 4.77. The molecular weight excluding hydrogens is 275 g/mol. The molecule has 0 radical (unpaired) electrons. The summed E-state index contributed by atoms with van der Waals surface area (Å²) in [7, 11) is 3.06. The van der Waals surface area contributed by atoms with E-state index in [1.54, 1.807) is 24.3 Å². The largest absolute Gasteiger partial charge is 0.497 e. The molecule has 0 fully saturated rings. The van der Waals surface area contributed by atoms with Crippen LogP contribution in [0, 0.1) is 5.82 Å². The van der Waals surface area contributed by atoms with Crippen LogP contribution in [0.3, 0.4) is 0 Å². The average molecular weight is 290 g/mol. The minimum Gasteiger partial charge on any atom is -0.497 e. The van der Waals surface area contributed by atoms with E-state index in [0.717, 1.165) is 0 Å². The number of hydrogen-bond donors (Lipinski definition) is 0. The zero-order chi connectivity index (χ0) is 15.2. The monoisotopic (exact) mass is 290 g/mol. The number of hydrogen-bond acceptors (Lipinski definition) is 4. The maximum Gasteiger partial charge on any atom is 0.341 e. The van der Waals surface area contributed by atoms with E-state index in [0.29, 0.717) is 17.1 Å². The van der Waals surface area contributed by atoms with E-state index in [9.17, 15) is 9.18 Å². The Bertz CT molecular complexity index is 640. The molecule has 21 heavy (non-hydrogen) atoms. The first kappa shape index (κ1) is 14.8. The van der Waals surface area contributed by atoms with E-state index >= 15 is 0 Å². The Labute approximate surface area is 122 Å². The Hall–Kier alpha value is -2.56. The summed E-state index contributed by atoms with van der Waals surface area (Å²) in [6.07, 6.45) is 0. The molecule has 2 aromatic carbocycles. The van der Waals surface area contributed by atoms with Crippen LogP contribution in [0.25, 0.3) is 0 Å². The highest BCUT2D eigenvalue weighted by molar-refractivity contribution is 5.89. The van der Waals surface area contributed by atoms with Gasteiger partial charge in [0.05, 0.1) is 19.8 Å². The third kappa shape index (κ3) is 3.51. The second-order valence-corrected chi connectivity index (χ2v) is 4.23. The molecule has 4 nitrogen and oxygen atoms in total. The molecule has 0 aliphatic heterocycles. The van der Waals surface area contributed by atoms with Gasteiger partial charge in [-0.05, 0) is 30.3 Å². The lowest BCUT2D eigenvalue weighted by Crippen LogP contribution is -2.08. The highest BCUT2D eigenvalue weighted by atomic mass is 19.1. The van der Waals surface area contributed by atoms with Gasteiger partial charge in [-0.25, -0.2) is 9.18 Å². The first-order valence-corrected chi connectivity index (χ1v) is 6.28. The Morgan fingerprint density at radius 3 is 2.52 bits per heavy atom. The van der Waals surface area contributed by atoms with Gasteiger partial charge < -0.3 is 14.2 Å². The van der Waals surface area contributed by atoms with Gasteiger partial charge in [0, 0.05) is 5.56 Å². The summed E-state index contributed by atoms with van der Waals surface area (Å²) in [4.78, 5) is 11.9. The minimum absolute atomic E-state index is 0.0342. The molecule has 0 atom stereocenters. The van der Waals surface area contributed by atoms with Crippen molar-refractivity contribution in [3.05, 3.63) is 59.4 Å². The maximum atomic E-state index is 13.5. The molecular formula is C16H15FO4. The van der Waals surface area contributed by atoms with Crippen LogP contribution in [-0.4, -0.2) is 20.2 Å². The van der Waals surface area contributed by atoms with Crippen molar-refractivity contribution in [2.75, 3.05) is 14.2 Å². The topological polar surface area (TPSA) is 44.8 Å². The van der Waals surface area contributed by atoms with E-state index in [2.05, 4.69) is 0 Å². The standard InChI is InChI=1S/C16H15FO4/c1-19-12-7-8-15(20-2)11(9-12)10-21-16(18)13-5-3-4-6-14(13)17/h3-9H,10H2,1-2H3. The molecule has 0 unspecified atom stereocenters. The smallest absolute Gasteiger partial charge is 0.341 e. The van der Waals surface area contributed by atoms with Gasteiger partial charge in [-0.15, -0.1) is 0 Å². The van der Waals surface area contributed by atoms with Crippen molar-refractivity contribution in [2.45, 2.75) is 6.61 Å². The van der Waals surface area contributed by atoms with Crippen molar-refractivity contribution < 1.29 is 23.4 Å². The zero-order valence-electron chi connectivity index (χ0n) is 11.8. The van der Waals surface area contributed by atoms with Crippen LogP contribution < -0.4 is 9.47 Å². The molecule has 0 spiro atoms. The van der Waals surface area contributed by atoms with Gasteiger partial charge in [0.1, 0.15) is 23.9 Å². The number of halogens is 1. The van der Waals surface area contributed by atoms with Crippen LogP contribution in [0.1, 0.15) is 15.9 Å². The highest BCUT2D eigenvalue weighted by Gasteiger charge is 2.14. The molecule has 2 rings (SSSR count). The average Bonchev–Trinajstić information content (AvgIpc) is 2.52. The lowest BCUT2D eigenvalue weighted by molar-refractivity contribution is 0.0464. The highest BCUT2D eigenvalue weighted by Crippen LogP contribution is 2.25. The van der Waals surface area contributed by atoms with Gasteiger partial charge in [0.25, 0.3) is 0 Å². The zero-order valence-corrected chi connectivity index (χ0v) is 11.8. The summed E-state index contributed by atoms with van der Waals surface area (Å²) in [5.41, 5.74) is 0.543. The summed E-state index contributed by atoms with van der Waals surface area (Å²) in [6.45, 7) is -0.0342. The molecule has 0 saturated heterocycles. The molecule has 0 bridgehead atoms. The number of rotatable bonds is 5. The van der Waals surface area contributed by atoms with Crippen LogP contribution in [0.2, 0.25) is 0 Å². The Balaban J connectivity index is 2.12. The van der Waals surface area contributed by atoms with Crippen LogP contribution in [-0.2, 0) is 11.3 Å². The van der Waals surface area contributed by atoms with E-state index in [4.69, 9.17) is 14.2 Å². The fourth-order valence-electron chi connectivity index (χ4n) is 1.84. The third-order valence-corrected chi connectivity index (χ3v) is 2.94. The molecule has 0 heterocycles. The summed E-state index contributed by atoms with van der Waals surface area (Å²) in [5.74, 6) is -0.150. The minimum atomic E-state index is -0.724. The summed E-state index contributed by atoms with van der Waals surface area (Å²) in [6, 6.07) is 10.8. The summed E-state index contributed by atoms with van der Waals surface area (Å²) >= 11 is 0. The first-order chi connectivity index (χ1) is 10.2. The molecule has 0 amide bonds. The quantitative estimate of drug-likeness (QED) is 0.793. The lowest BCUT2D eigenvalue weighted by atomic mass is 10.2. The van der Waals surface area contributed by atoms with E-state index < -0.39 is 11.8 Å². The maximum absolute atomic E-state index is 13.5. The van der Waals surface area contributed by atoms with Gasteiger partial charge >= 0.3 is 5.97 Å². The fraction of sp³-hybridized carbons (Fsp3) is 0.188. The second kappa shape index (κ2) is 6.74. The molecule has 2 aromatic rings. The molecule has 110 valence electrons. The van der Waals surface area contributed by atoms with Crippen molar-refractivity contribution in [2.24, 2.45) is 0 Å². The van der Waals surface area contributed by atoms with Crippen molar-refractivity contribution in [1.82, 2.24) is 0 Å². The number of methoxy groups -OCH3 is 2. The van der Waals surface area contributed by atoms with Gasteiger partial charge in [0.2, 0.25) is 0 Å². The fourth-order valence-corrected chi connectivity index (χ4v) is 1.84. The molecule has 0 aromatic heterocycles. The SMILES string of the molecule is COc1ccc(OC)c(COC(=O)c2ccccc2F)c1. The van der Waals surface area contributed by atoms with Crippen LogP contribution in [0.15, 0.2) is 42.5 Å².